The number of carbonyl (C=O) groups is 6. The Labute approximate surface area is 221 Å². The zero-order valence-electron chi connectivity index (χ0n) is 21.6. The number of thiol groups is 1. The van der Waals surface area contributed by atoms with E-state index in [1.165, 1.54) is 4.90 Å². The first-order chi connectivity index (χ1) is 17.2. The van der Waals surface area contributed by atoms with Gasteiger partial charge in [0.2, 0.25) is 23.6 Å². The first-order valence-electron chi connectivity index (χ1n) is 12.2. The van der Waals surface area contributed by atoms with Crippen LogP contribution in [-0.4, -0.2) is 93.2 Å². The van der Waals surface area contributed by atoms with Gasteiger partial charge in [0.05, 0.1) is 12.5 Å². The zero-order valence-corrected chi connectivity index (χ0v) is 22.5. The van der Waals surface area contributed by atoms with Gasteiger partial charge in [0.25, 0.3) is 0 Å². The standard InChI is InChI=1S/C23H39N5O8S/c1-11(2)8-13(19(31)26-14(23(35)36)9-17(29)30)25-20(32)15(10-37)27-21(33)16-6-5-7-28(16)22(34)18(24)12(3)4/h11-16,18,37H,5-10,24H2,1-4H3,(H,25,32)(H,26,31)(H,27,33)(H,29,30)(H,35,36)/t13-,14-,15-,16-,18-/m0/s1. The van der Waals surface area contributed by atoms with E-state index in [2.05, 4.69) is 28.6 Å². The second-order valence-electron chi connectivity index (χ2n) is 9.89. The molecule has 1 rings (SSSR count). The Kier molecular flexibility index (Phi) is 12.8. The number of aliphatic carboxylic acids is 2. The minimum atomic E-state index is -1.68. The molecule has 0 radical (unpaired) electrons. The number of nitrogens with two attached hydrogens (primary N) is 1. The van der Waals surface area contributed by atoms with Gasteiger partial charge in [-0.25, -0.2) is 4.79 Å². The fraction of sp³-hybridized carbons (Fsp3) is 0.739. The Hall–Kier alpha value is -2.87. The molecule has 37 heavy (non-hydrogen) atoms. The highest BCUT2D eigenvalue weighted by molar-refractivity contribution is 7.80. The molecule has 0 aromatic carbocycles. The van der Waals surface area contributed by atoms with Crippen LogP contribution < -0.4 is 21.7 Å². The number of hydrogen-bond acceptors (Lipinski definition) is 8. The monoisotopic (exact) mass is 545 g/mol. The van der Waals surface area contributed by atoms with E-state index in [1.54, 1.807) is 27.7 Å². The molecule has 0 aromatic heterocycles. The summed E-state index contributed by atoms with van der Waals surface area (Å²) in [6, 6.07) is -5.57. The maximum absolute atomic E-state index is 13.0. The van der Waals surface area contributed by atoms with Crippen LogP contribution in [0.3, 0.4) is 0 Å². The Morgan fingerprint density at radius 2 is 1.51 bits per heavy atom. The number of carboxylic acid groups (broad SMARTS) is 2. The Morgan fingerprint density at radius 3 is 2.00 bits per heavy atom. The van der Waals surface area contributed by atoms with Crippen LogP contribution in [0.2, 0.25) is 0 Å². The maximum atomic E-state index is 13.0. The van der Waals surface area contributed by atoms with Crippen molar-refractivity contribution in [3.8, 4) is 0 Å². The van der Waals surface area contributed by atoms with E-state index in [4.69, 9.17) is 10.8 Å². The summed E-state index contributed by atoms with van der Waals surface area (Å²) in [5.74, 6) is -5.76. The average molecular weight is 546 g/mol. The molecule has 1 aliphatic heterocycles. The average Bonchev–Trinajstić information content (AvgIpc) is 3.29. The molecule has 0 spiro atoms. The van der Waals surface area contributed by atoms with E-state index in [0.29, 0.717) is 19.4 Å². The fourth-order valence-corrected chi connectivity index (χ4v) is 4.12. The third-order valence-corrected chi connectivity index (χ3v) is 6.36. The van der Waals surface area contributed by atoms with Crippen LogP contribution in [-0.2, 0) is 28.8 Å². The molecule has 5 atom stereocenters. The van der Waals surface area contributed by atoms with Gasteiger partial charge in [-0.3, -0.25) is 24.0 Å². The summed E-state index contributed by atoms with van der Waals surface area (Å²) in [6.07, 6.45) is 0.296. The molecule has 0 aliphatic carbocycles. The van der Waals surface area contributed by atoms with Crippen LogP contribution in [0.25, 0.3) is 0 Å². The van der Waals surface area contributed by atoms with Crippen LogP contribution in [0.5, 0.6) is 0 Å². The molecule has 7 N–H and O–H groups in total. The third-order valence-electron chi connectivity index (χ3n) is 5.99. The highest BCUT2D eigenvalue weighted by Gasteiger charge is 2.38. The Balaban J connectivity index is 2.94. The van der Waals surface area contributed by atoms with Gasteiger partial charge < -0.3 is 36.8 Å². The minimum absolute atomic E-state index is 0.0916. The third kappa shape index (κ3) is 9.84. The van der Waals surface area contributed by atoms with Crippen molar-refractivity contribution in [3.05, 3.63) is 0 Å². The molecule has 1 saturated heterocycles. The molecule has 1 aliphatic rings. The predicted molar refractivity (Wildman–Crippen MR) is 137 cm³/mol. The van der Waals surface area contributed by atoms with Crippen molar-refractivity contribution in [2.45, 2.75) is 83.6 Å². The van der Waals surface area contributed by atoms with E-state index in [0.717, 1.165) is 0 Å². The normalized spacial score (nSPS) is 18.6. The second-order valence-corrected chi connectivity index (χ2v) is 10.3. The summed E-state index contributed by atoms with van der Waals surface area (Å²) in [6.45, 7) is 7.54. The van der Waals surface area contributed by atoms with Crippen molar-refractivity contribution in [3.63, 3.8) is 0 Å². The van der Waals surface area contributed by atoms with Gasteiger partial charge in [0.15, 0.2) is 0 Å². The quantitative estimate of drug-likeness (QED) is 0.133. The number of likely N-dealkylation sites (tertiary alicyclic amines) is 1. The molecule has 0 saturated carbocycles. The van der Waals surface area contributed by atoms with Gasteiger partial charge in [-0.2, -0.15) is 12.6 Å². The second kappa shape index (κ2) is 14.8. The van der Waals surface area contributed by atoms with Gasteiger partial charge in [-0.1, -0.05) is 27.7 Å². The van der Waals surface area contributed by atoms with Gasteiger partial charge in [-0.15, -0.1) is 0 Å². The summed E-state index contributed by atoms with van der Waals surface area (Å²) >= 11 is 4.14. The molecule has 0 bridgehead atoms. The number of carboxylic acids is 2. The molecule has 1 heterocycles. The van der Waals surface area contributed by atoms with Crippen LogP contribution in [0.1, 0.15) is 53.4 Å². The van der Waals surface area contributed by atoms with E-state index in [-0.39, 0.29) is 29.9 Å². The predicted octanol–water partition coefficient (Wildman–Crippen LogP) is -1.05. The lowest BCUT2D eigenvalue weighted by Gasteiger charge is -2.29. The van der Waals surface area contributed by atoms with Crippen molar-refractivity contribution in [1.82, 2.24) is 20.9 Å². The van der Waals surface area contributed by atoms with Crippen molar-refractivity contribution >= 4 is 48.2 Å². The summed E-state index contributed by atoms with van der Waals surface area (Å²) in [5.41, 5.74) is 5.97. The molecule has 4 amide bonds. The van der Waals surface area contributed by atoms with Crippen LogP contribution in [0.4, 0.5) is 0 Å². The minimum Gasteiger partial charge on any atom is -0.481 e. The summed E-state index contributed by atoms with van der Waals surface area (Å²) in [7, 11) is 0. The Bertz CT molecular complexity index is 868. The van der Waals surface area contributed by atoms with Crippen molar-refractivity contribution in [2.75, 3.05) is 12.3 Å². The maximum Gasteiger partial charge on any atom is 0.326 e. The zero-order chi connectivity index (χ0) is 28.4. The van der Waals surface area contributed by atoms with Gasteiger partial charge in [0, 0.05) is 12.3 Å². The number of rotatable bonds is 14. The summed E-state index contributed by atoms with van der Waals surface area (Å²) in [5, 5.41) is 25.3. The van der Waals surface area contributed by atoms with Crippen molar-refractivity contribution in [2.24, 2.45) is 17.6 Å². The van der Waals surface area contributed by atoms with E-state index in [1.807, 2.05) is 0 Å². The first-order valence-corrected chi connectivity index (χ1v) is 12.8. The highest BCUT2D eigenvalue weighted by Crippen LogP contribution is 2.20. The molecule has 0 unspecified atom stereocenters. The number of nitrogens with one attached hydrogen (secondary N) is 3. The van der Waals surface area contributed by atoms with E-state index < -0.39 is 66.3 Å². The molecular weight excluding hydrogens is 506 g/mol. The molecule has 210 valence electrons. The van der Waals surface area contributed by atoms with Gasteiger partial charge in [0.1, 0.15) is 24.2 Å². The summed E-state index contributed by atoms with van der Waals surface area (Å²) < 4.78 is 0. The number of carbonyl (C=O) groups excluding carboxylic acids is 4. The summed E-state index contributed by atoms with van der Waals surface area (Å²) in [4.78, 5) is 75.1. The molecule has 13 nitrogen and oxygen atoms in total. The van der Waals surface area contributed by atoms with Crippen LogP contribution in [0, 0.1) is 11.8 Å². The highest BCUT2D eigenvalue weighted by atomic mass is 32.1. The largest absolute Gasteiger partial charge is 0.481 e. The molecular formula is C23H39N5O8S. The lowest BCUT2D eigenvalue weighted by molar-refractivity contribution is -0.147. The molecule has 1 fully saturated rings. The number of amides is 4. The number of hydrogen-bond donors (Lipinski definition) is 7. The lowest BCUT2D eigenvalue weighted by atomic mass is 10.0. The van der Waals surface area contributed by atoms with Gasteiger partial charge >= 0.3 is 11.9 Å². The van der Waals surface area contributed by atoms with Crippen LogP contribution >= 0.6 is 12.6 Å². The van der Waals surface area contributed by atoms with E-state index >= 15 is 0 Å². The fourth-order valence-electron chi connectivity index (χ4n) is 3.86. The molecule has 0 aromatic rings. The Morgan fingerprint density at radius 1 is 0.946 bits per heavy atom. The van der Waals surface area contributed by atoms with Crippen molar-refractivity contribution in [1.29, 1.82) is 0 Å². The molecule has 14 heteroatoms. The van der Waals surface area contributed by atoms with Crippen LogP contribution in [0.15, 0.2) is 0 Å². The van der Waals surface area contributed by atoms with E-state index in [9.17, 15) is 33.9 Å². The topological polar surface area (TPSA) is 208 Å². The van der Waals surface area contributed by atoms with Gasteiger partial charge in [-0.05, 0) is 31.1 Å². The smallest absolute Gasteiger partial charge is 0.326 e. The van der Waals surface area contributed by atoms with Crippen molar-refractivity contribution < 1.29 is 39.0 Å². The lowest BCUT2D eigenvalue weighted by Crippen LogP contribution is -2.59. The number of nitrogens with zero attached hydrogens (tertiary/aromatic N) is 1. The SMILES string of the molecule is CC(C)C[C@H](NC(=O)[C@H](CS)NC(=O)[C@@H]1CCCN1C(=O)[C@@H](N)C(C)C)C(=O)N[C@@H](CC(=O)O)C(=O)O. The first kappa shape index (κ1) is 32.2.